The van der Waals surface area contributed by atoms with Crippen LogP contribution in [0.5, 0.6) is 0 Å². The first kappa shape index (κ1) is 22.9. The van der Waals surface area contributed by atoms with Crippen molar-refractivity contribution >= 4 is 32.6 Å². The van der Waals surface area contributed by atoms with Gasteiger partial charge in [0.1, 0.15) is 11.4 Å². The number of halogens is 3. The molecule has 0 radical (unpaired) electrons. The first-order valence-corrected chi connectivity index (χ1v) is 11.4. The van der Waals surface area contributed by atoms with Crippen molar-refractivity contribution in [2.45, 2.75) is 18.0 Å². The van der Waals surface area contributed by atoms with Crippen LogP contribution in [0.2, 0.25) is 0 Å². The molecule has 0 spiro atoms. The summed E-state index contributed by atoms with van der Waals surface area (Å²) in [6.07, 6.45) is -2.31. The lowest BCUT2D eigenvalue weighted by Crippen LogP contribution is -2.31. The highest BCUT2D eigenvalue weighted by molar-refractivity contribution is 7.91. The standard InChI is InChI=1S/C19H19F3N6O4S/c1-4-33(30,31)14-7-11(27-5-6-28(32-3)18(27)29)9-24-16(14)17-25-12-8-15(19(20,21)22)23-10-13(12)26(17)2/h7-10H,4-6H2,1-3H3. The van der Waals surface area contributed by atoms with Crippen LogP contribution in [0.4, 0.5) is 23.7 Å². The molecule has 2 amide bonds. The number of pyridine rings is 2. The summed E-state index contributed by atoms with van der Waals surface area (Å²) in [6, 6.07) is 1.64. The van der Waals surface area contributed by atoms with Gasteiger partial charge in [0.25, 0.3) is 0 Å². The predicted molar refractivity (Wildman–Crippen MR) is 111 cm³/mol. The van der Waals surface area contributed by atoms with Gasteiger partial charge < -0.3 is 4.57 Å². The second-order valence-corrected chi connectivity index (χ2v) is 9.46. The quantitative estimate of drug-likeness (QED) is 0.548. The monoisotopic (exact) mass is 484 g/mol. The molecule has 1 fully saturated rings. The Hall–Kier alpha value is -3.26. The summed E-state index contributed by atoms with van der Waals surface area (Å²) in [5.74, 6) is -0.205. The number of alkyl halides is 3. The topological polar surface area (TPSA) is 111 Å². The summed E-state index contributed by atoms with van der Waals surface area (Å²) in [6.45, 7) is 2.00. The van der Waals surface area contributed by atoms with E-state index < -0.39 is 27.7 Å². The van der Waals surface area contributed by atoms with E-state index in [2.05, 4.69) is 15.0 Å². The number of amides is 2. The SMILES string of the molecule is CCS(=O)(=O)c1cc(N2CCN(OC)C2=O)cnc1-c1nc2cc(C(F)(F)F)ncc2n1C. The van der Waals surface area contributed by atoms with Crippen LogP contribution in [0.3, 0.4) is 0 Å². The van der Waals surface area contributed by atoms with E-state index in [1.807, 2.05) is 0 Å². The Morgan fingerprint density at radius 2 is 1.88 bits per heavy atom. The zero-order valence-corrected chi connectivity index (χ0v) is 18.6. The summed E-state index contributed by atoms with van der Waals surface area (Å²) in [5.41, 5.74) is -0.641. The molecule has 1 aliphatic rings. The summed E-state index contributed by atoms with van der Waals surface area (Å²) in [5, 5.41) is 1.12. The van der Waals surface area contributed by atoms with Gasteiger partial charge in [-0.25, -0.2) is 33.2 Å². The Morgan fingerprint density at radius 3 is 2.48 bits per heavy atom. The van der Waals surface area contributed by atoms with Crippen LogP contribution < -0.4 is 4.90 Å². The Kier molecular flexibility index (Phi) is 5.52. The molecule has 14 heteroatoms. The van der Waals surface area contributed by atoms with Gasteiger partial charge in [-0.15, -0.1) is 0 Å². The minimum atomic E-state index is -4.65. The van der Waals surface area contributed by atoms with Crippen molar-refractivity contribution in [2.75, 3.05) is 30.9 Å². The number of carbonyl (C=O) groups is 1. The fourth-order valence-corrected chi connectivity index (χ4v) is 4.57. The maximum Gasteiger partial charge on any atom is 0.433 e. The van der Waals surface area contributed by atoms with Crippen molar-refractivity contribution in [3.8, 4) is 11.5 Å². The smallest absolute Gasteiger partial charge is 0.324 e. The van der Waals surface area contributed by atoms with Crippen molar-refractivity contribution in [1.29, 1.82) is 0 Å². The van der Waals surface area contributed by atoms with E-state index in [-0.39, 0.29) is 52.0 Å². The van der Waals surface area contributed by atoms with Crippen molar-refractivity contribution < 1.29 is 31.2 Å². The number of urea groups is 1. The number of imidazole rings is 1. The molecule has 0 unspecified atom stereocenters. The zero-order valence-electron chi connectivity index (χ0n) is 17.8. The Balaban J connectivity index is 1.88. The summed E-state index contributed by atoms with van der Waals surface area (Å²) in [7, 11) is -0.972. The van der Waals surface area contributed by atoms with Crippen LogP contribution in [-0.2, 0) is 27.9 Å². The van der Waals surface area contributed by atoms with Crippen LogP contribution in [-0.4, -0.2) is 65.0 Å². The number of hydrogen-bond donors (Lipinski definition) is 0. The molecule has 0 aromatic carbocycles. The van der Waals surface area contributed by atoms with E-state index in [1.54, 1.807) is 0 Å². The second-order valence-electron chi connectivity index (χ2n) is 7.21. The highest BCUT2D eigenvalue weighted by atomic mass is 32.2. The average molecular weight is 484 g/mol. The maximum atomic E-state index is 13.1. The summed E-state index contributed by atoms with van der Waals surface area (Å²) >= 11 is 0. The normalized spacial score (nSPS) is 15.2. The van der Waals surface area contributed by atoms with Crippen LogP contribution in [0.1, 0.15) is 12.6 Å². The van der Waals surface area contributed by atoms with Gasteiger partial charge in [0.05, 0.1) is 53.4 Å². The van der Waals surface area contributed by atoms with E-state index >= 15 is 0 Å². The fraction of sp³-hybridized carbons (Fsp3) is 0.368. The Morgan fingerprint density at radius 1 is 1.15 bits per heavy atom. The van der Waals surface area contributed by atoms with Crippen molar-refractivity contribution in [1.82, 2.24) is 24.6 Å². The van der Waals surface area contributed by atoms with E-state index in [0.29, 0.717) is 0 Å². The molecule has 1 aliphatic heterocycles. The van der Waals surface area contributed by atoms with Crippen molar-refractivity contribution in [3.63, 3.8) is 0 Å². The molecule has 10 nitrogen and oxygen atoms in total. The molecule has 1 saturated heterocycles. The largest absolute Gasteiger partial charge is 0.433 e. The van der Waals surface area contributed by atoms with Crippen LogP contribution in [0.15, 0.2) is 29.4 Å². The van der Waals surface area contributed by atoms with E-state index in [0.717, 1.165) is 17.3 Å². The summed E-state index contributed by atoms with van der Waals surface area (Å²) < 4.78 is 66.4. The van der Waals surface area contributed by atoms with Gasteiger partial charge in [-0.1, -0.05) is 6.92 Å². The Labute approximate surface area is 186 Å². The lowest BCUT2D eigenvalue weighted by atomic mass is 10.3. The first-order chi connectivity index (χ1) is 15.5. The Bertz CT molecular complexity index is 1360. The molecule has 3 aromatic rings. The molecular formula is C19H19F3N6O4S. The molecule has 0 aliphatic carbocycles. The van der Waals surface area contributed by atoms with Gasteiger partial charge in [0.2, 0.25) is 0 Å². The third-order valence-corrected chi connectivity index (χ3v) is 7.07. The molecule has 3 aromatic heterocycles. The van der Waals surface area contributed by atoms with Crippen molar-refractivity contribution in [2.24, 2.45) is 7.05 Å². The summed E-state index contributed by atoms with van der Waals surface area (Å²) in [4.78, 5) is 30.5. The van der Waals surface area contributed by atoms with Crippen LogP contribution in [0.25, 0.3) is 22.6 Å². The predicted octanol–water partition coefficient (Wildman–Crippen LogP) is 2.65. The first-order valence-electron chi connectivity index (χ1n) is 9.74. The number of hydroxylamine groups is 2. The number of fused-ring (bicyclic) bond motifs is 1. The molecule has 33 heavy (non-hydrogen) atoms. The van der Waals surface area contributed by atoms with Gasteiger partial charge in [0.15, 0.2) is 15.7 Å². The highest BCUT2D eigenvalue weighted by Gasteiger charge is 2.34. The number of aromatic nitrogens is 4. The third kappa shape index (κ3) is 3.88. The molecule has 0 saturated carbocycles. The van der Waals surface area contributed by atoms with Crippen LogP contribution >= 0.6 is 0 Å². The number of nitrogens with zero attached hydrogens (tertiary/aromatic N) is 6. The maximum absolute atomic E-state index is 13.1. The molecule has 0 bridgehead atoms. The van der Waals surface area contributed by atoms with Gasteiger partial charge in [0, 0.05) is 13.6 Å². The molecule has 4 heterocycles. The number of anilines is 1. The highest BCUT2D eigenvalue weighted by Crippen LogP contribution is 2.34. The minimum absolute atomic E-state index is 0.00833. The number of sulfone groups is 1. The van der Waals surface area contributed by atoms with Gasteiger partial charge in [-0.3, -0.25) is 9.74 Å². The zero-order chi connectivity index (χ0) is 24.1. The van der Waals surface area contributed by atoms with E-state index in [1.165, 1.54) is 42.8 Å². The third-order valence-electron chi connectivity index (χ3n) is 5.33. The molecule has 176 valence electrons. The van der Waals surface area contributed by atoms with Gasteiger partial charge in [-0.05, 0) is 12.1 Å². The molecule has 0 atom stereocenters. The average Bonchev–Trinajstić information content (AvgIpc) is 3.31. The number of hydrogen-bond acceptors (Lipinski definition) is 7. The van der Waals surface area contributed by atoms with Crippen molar-refractivity contribution in [3.05, 3.63) is 30.2 Å². The molecular weight excluding hydrogens is 465 g/mol. The number of carbonyl (C=O) groups excluding carboxylic acids is 1. The van der Waals surface area contributed by atoms with Gasteiger partial charge >= 0.3 is 12.2 Å². The minimum Gasteiger partial charge on any atom is -0.324 e. The molecule has 4 rings (SSSR count). The van der Waals surface area contributed by atoms with Gasteiger partial charge in [-0.2, -0.15) is 13.2 Å². The van der Waals surface area contributed by atoms with Crippen LogP contribution in [0, 0.1) is 0 Å². The number of rotatable bonds is 5. The number of aryl methyl sites for hydroxylation is 1. The fourth-order valence-electron chi connectivity index (χ4n) is 3.52. The second kappa shape index (κ2) is 7.95. The lowest BCUT2D eigenvalue weighted by molar-refractivity contribution is -0.141. The molecule has 0 N–H and O–H groups in total. The lowest BCUT2D eigenvalue weighted by Gasteiger charge is -2.18. The van der Waals surface area contributed by atoms with E-state index in [4.69, 9.17) is 4.84 Å². The van der Waals surface area contributed by atoms with E-state index in [9.17, 15) is 26.4 Å².